The Kier molecular flexibility index (Phi) is 3.57. The molecule has 0 bridgehead atoms. The molecular formula is C11H16B. The average molecular weight is 159 g/mol. The van der Waals surface area contributed by atoms with Crippen molar-refractivity contribution in [3.05, 3.63) is 33.9 Å². The molecule has 1 aromatic rings. The monoisotopic (exact) mass is 159 g/mol. The zero-order valence-electron chi connectivity index (χ0n) is 8.65. The fraction of sp³-hybridized carbons (Fsp3) is 0.455. The van der Waals surface area contributed by atoms with Crippen molar-refractivity contribution >= 4 is 8.41 Å². The van der Waals surface area contributed by atoms with Crippen LogP contribution in [-0.2, 0) is 0 Å². The van der Waals surface area contributed by atoms with Crippen LogP contribution in [0, 0.1) is 34.6 Å². The number of hydrogen-bond acceptors (Lipinski definition) is 0. The zero-order valence-corrected chi connectivity index (χ0v) is 8.65. The summed E-state index contributed by atoms with van der Waals surface area (Å²) in [7, 11) is 0. The molecule has 0 saturated carbocycles. The smallest absolute Gasteiger partial charge is 0 e. The Hall–Kier alpha value is -0.715. The van der Waals surface area contributed by atoms with E-state index < -0.39 is 0 Å². The van der Waals surface area contributed by atoms with Crippen LogP contribution in [0.1, 0.15) is 27.8 Å². The van der Waals surface area contributed by atoms with Gasteiger partial charge in [0.15, 0.2) is 0 Å². The highest BCUT2D eigenvalue weighted by Crippen LogP contribution is 2.19. The molecule has 0 aliphatic rings. The second-order valence-corrected chi connectivity index (χ2v) is 3.39. The highest BCUT2D eigenvalue weighted by Gasteiger charge is 2.02. The van der Waals surface area contributed by atoms with Gasteiger partial charge in [-0.15, -0.1) is 0 Å². The molecule has 1 heteroatoms. The van der Waals surface area contributed by atoms with Gasteiger partial charge in [0.25, 0.3) is 0 Å². The van der Waals surface area contributed by atoms with Crippen molar-refractivity contribution in [3.63, 3.8) is 0 Å². The van der Waals surface area contributed by atoms with Crippen LogP contribution in [0.15, 0.2) is 6.07 Å². The van der Waals surface area contributed by atoms with Gasteiger partial charge < -0.3 is 0 Å². The Balaban J connectivity index is 0.00000121. The van der Waals surface area contributed by atoms with Crippen molar-refractivity contribution < 1.29 is 0 Å². The summed E-state index contributed by atoms with van der Waals surface area (Å²) >= 11 is 0. The average Bonchev–Trinajstić information content (AvgIpc) is 1.97. The summed E-state index contributed by atoms with van der Waals surface area (Å²) < 4.78 is 0. The summed E-state index contributed by atoms with van der Waals surface area (Å²) in [5, 5.41) is 0. The van der Waals surface area contributed by atoms with Gasteiger partial charge in [-0.3, -0.25) is 0 Å². The molecule has 0 aromatic heterocycles. The fourth-order valence-electron chi connectivity index (χ4n) is 1.41. The van der Waals surface area contributed by atoms with E-state index in [4.69, 9.17) is 0 Å². The first-order chi connectivity index (χ1) is 5.04. The lowest BCUT2D eigenvalue weighted by Gasteiger charge is -2.10. The Morgan fingerprint density at radius 1 is 0.667 bits per heavy atom. The van der Waals surface area contributed by atoms with Crippen LogP contribution in [0.2, 0.25) is 0 Å². The Morgan fingerprint density at radius 2 is 1.00 bits per heavy atom. The number of hydrogen-bond donors (Lipinski definition) is 0. The maximum absolute atomic E-state index is 2.26. The highest BCUT2D eigenvalue weighted by molar-refractivity contribution is 5.75. The summed E-state index contributed by atoms with van der Waals surface area (Å²) in [6.07, 6.45) is 0. The van der Waals surface area contributed by atoms with Gasteiger partial charge in [-0.1, -0.05) is 6.07 Å². The maximum atomic E-state index is 2.26. The third-order valence-electron chi connectivity index (χ3n) is 2.74. The topological polar surface area (TPSA) is 0 Å². The van der Waals surface area contributed by atoms with Crippen molar-refractivity contribution in [3.8, 4) is 0 Å². The van der Waals surface area contributed by atoms with Gasteiger partial charge in [-0.25, -0.2) is 0 Å². The Morgan fingerprint density at radius 3 is 1.33 bits per heavy atom. The molecule has 0 atom stereocenters. The van der Waals surface area contributed by atoms with E-state index in [1.54, 1.807) is 0 Å². The summed E-state index contributed by atoms with van der Waals surface area (Å²) in [6, 6.07) is 2.26. The lowest BCUT2D eigenvalue weighted by molar-refractivity contribution is 1.18. The predicted molar refractivity (Wildman–Crippen MR) is 55.9 cm³/mol. The quantitative estimate of drug-likeness (QED) is 0.510. The van der Waals surface area contributed by atoms with Gasteiger partial charge in [0.05, 0.1) is 0 Å². The molecule has 3 radical (unpaired) electrons. The first-order valence-corrected chi connectivity index (χ1v) is 4.08. The third kappa shape index (κ3) is 1.71. The minimum absolute atomic E-state index is 0. The summed E-state index contributed by atoms with van der Waals surface area (Å²) in [5.74, 6) is 0. The molecule has 0 aliphatic carbocycles. The molecule has 1 aromatic carbocycles. The molecule has 0 unspecified atom stereocenters. The van der Waals surface area contributed by atoms with Gasteiger partial charge in [-0.05, 0) is 62.4 Å². The maximum Gasteiger partial charge on any atom is 0 e. The molecule has 0 nitrogen and oxygen atoms in total. The van der Waals surface area contributed by atoms with Gasteiger partial charge in [0.2, 0.25) is 0 Å². The summed E-state index contributed by atoms with van der Waals surface area (Å²) in [6.45, 7) is 10.9. The lowest BCUT2D eigenvalue weighted by atomic mass is 9.96. The van der Waals surface area contributed by atoms with Gasteiger partial charge in [0, 0.05) is 8.41 Å². The molecule has 0 amide bonds. The van der Waals surface area contributed by atoms with Crippen molar-refractivity contribution in [1.82, 2.24) is 0 Å². The second-order valence-electron chi connectivity index (χ2n) is 3.39. The molecular weight excluding hydrogens is 143 g/mol. The van der Waals surface area contributed by atoms with Crippen LogP contribution in [-0.4, -0.2) is 8.41 Å². The van der Waals surface area contributed by atoms with E-state index in [9.17, 15) is 0 Å². The molecule has 0 N–H and O–H groups in total. The number of benzene rings is 1. The van der Waals surface area contributed by atoms with Crippen LogP contribution in [0.5, 0.6) is 0 Å². The standard InChI is InChI=1S/C11H16.B/c1-7-6-8(2)10(4)11(5)9(7)3;/h6H,1-5H3;. The summed E-state index contributed by atoms with van der Waals surface area (Å²) in [5.41, 5.74) is 7.14. The summed E-state index contributed by atoms with van der Waals surface area (Å²) in [4.78, 5) is 0. The van der Waals surface area contributed by atoms with E-state index >= 15 is 0 Å². The number of rotatable bonds is 0. The second kappa shape index (κ2) is 3.80. The van der Waals surface area contributed by atoms with E-state index in [2.05, 4.69) is 40.7 Å². The Bertz CT molecular complexity index is 261. The first kappa shape index (κ1) is 11.3. The van der Waals surface area contributed by atoms with Gasteiger partial charge >= 0.3 is 0 Å². The first-order valence-electron chi connectivity index (χ1n) is 4.08. The molecule has 1 rings (SSSR count). The van der Waals surface area contributed by atoms with Crippen molar-refractivity contribution in [2.75, 3.05) is 0 Å². The normalized spacial score (nSPS) is 9.42. The van der Waals surface area contributed by atoms with Crippen LogP contribution in [0.3, 0.4) is 0 Å². The molecule has 0 spiro atoms. The van der Waals surface area contributed by atoms with E-state index in [0.717, 1.165) is 0 Å². The lowest BCUT2D eigenvalue weighted by Crippen LogP contribution is -1.93. The molecule has 0 heterocycles. The largest absolute Gasteiger partial charge is 0.0558 e. The molecule has 12 heavy (non-hydrogen) atoms. The fourth-order valence-corrected chi connectivity index (χ4v) is 1.41. The molecule has 0 aliphatic heterocycles. The van der Waals surface area contributed by atoms with Crippen molar-refractivity contribution in [2.45, 2.75) is 34.6 Å². The van der Waals surface area contributed by atoms with E-state index in [-0.39, 0.29) is 8.41 Å². The third-order valence-corrected chi connectivity index (χ3v) is 2.74. The van der Waals surface area contributed by atoms with Crippen LogP contribution >= 0.6 is 0 Å². The molecule has 0 saturated heterocycles. The van der Waals surface area contributed by atoms with E-state index in [0.29, 0.717) is 0 Å². The van der Waals surface area contributed by atoms with Gasteiger partial charge in [0.1, 0.15) is 0 Å². The van der Waals surface area contributed by atoms with Crippen molar-refractivity contribution in [2.24, 2.45) is 0 Å². The van der Waals surface area contributed by atoms with E-state index in [1.165, 1.54) is 27.8 Å². The number of aryl methyl sites for hydroxylation is 2. The SMILES string of the molecule is Cc1cc(C)c(C)c(C)c1C.[B]. The van der Waals surface area contributed by atoms with Crippen LogP contribution in [0.4, 0.5) is 0 Å². The van der Waals surface area contributed by atoms with Gasteiger partial charge in [-0.2, -0.15) is 0 Å². The van der Waals surface area contributed by atoms with Crippen LogP contribution in [0.25, 0.3) is 0 Å². The molecule has 63 valence electrons. The molecule has 0 fully saturated rings. The Labute approximate surface area is 77.6 Å². The minimum atomic E-state index is 0. The highest BCUT2D eigenvalue weighted by atomic mass is 14.1. The minimum Gasteiger partial charge on any atom is -0.0558 e. The zero-order chi connectivity index (χ0) is 8.59. The van der Waals surface area contributed by atoms with Crippen molar-refractivity contribution in [1.29, 1.82) is 0 Å². The van der Waals surface area contributed by atoms with Crippen LogP contribution < -0.4 is 0 Å². The predicted octanol–water partition coefficient (Wildman–Crippen LogP) is 2.85. The van der Waals surface area contributed by atoms with E-state index in [1.807, 2.05) is 0 Å².